The molecule has 1 fully saturated rings. The molecule has 1 aliphatic carbocycles. The van der Waals surface area contributed by atoms with E-state index in [0.29, 0.717) is 18.1 Å². The van der Waals surface area contributed by atoms with Crippen LogP contribution >= 0.6 is 0 Å². The van der Waals surface area contributed by atoms with Gasteiger partial charge >= 0.3 is 0 Å². The van der Waals surface area contributed by atoms with Gasteiger partial charge in [-0.2, -0.15) is 0 Å². The summed E-state index contributed by atoms with van der Waals surface area (Å²) in [6.07, 6.45) is 1.45. The maximum atomic E-state index is 11.0. The molecule has 0 heterocycles. The van der Waals surface area contributed by atoms with Crippen LogP contribution in [0, 0.1) is 11.3 Å². The highest BCUT2D eigenvalue weighted by Gasteiger charge is 2.46. The zero-order valence-corrected chi connectivity index (χ0v) is 6.55. The molecule has 0 spiro atoms. The summed E-state index contributed by atoms with van der Waals surface area (Å²) < 4.78 is 0. The third-order valence-corrected chi connectivity index (χ3v) is 2.65. The van der Waals surface area contributed by atoms with E-state index in [-0.39, 0.29) is 12.0 Å². The number of carbonyl (C=O) groups is 1. The first-order valence-electron chi connectivity index (χ1n) is 3.73. The van der Waals surface area contributed by atoms with Crippen molar-refractivity contribution in [3.63, 3.8) is 0 Å². The van der Waals surface area contributed by atoms with Crippen molar-refractivity contribution in [1.29, 1.82) is 0 Å². The third-order valence-electron chi connectivity index (χ3n) is 2.65. The molecule has 2 nitrogen and oxygen atoms in total. The Kier molecular flexibility index (Phi) is 1.82. The Labute approximate surface area is 61.2 Å². The highest BCUT2D eigenvalue weighted by Crippen LogP contribution is 2.44. The molecule has 1 N–H and O–H groups in total. The summed E-state index contributed by atoms with van der Waals surface area (Å²) in [4.78, 5) is 11.0. The molecule has 0 unspecified atom stereocenters. The van der Waals surface area contributed by atoms with Gasteiger partial charge < -0.3 is 5.11 Å². The summed E-state index contributed by atoms with van der Waals surface area (Å²) in [6, 6.07) is 0. The summed E-state index contributed by atoms with van der Waals surface area (Å²) in [7, 11) is 0. The second kappa shape index (κ2) is 2.35. The minimum Gasteiger partial charge on any atom is -0.396 e. The monoisotopic (exact) mass is 142 g/mol. The Hall–Kier alpha value is -0.370. The van der Waals surface area contributed by atoms with E-state index in [2.05, 4.69) is 0 Å². The minimum absolute atomic E-state index is 0.150. The number of rotatable bonds is 2. The van der Waals surface area contributed by atoms with Crippen molar-refractivity contribution in [2.24, 2.45) is 11.3 Å². The quantitative estimate of drug-likeness (QED) is 0.624. The average Bonchev–Trinajstić information content (AvgIpc) is 1.88. The van der Waals surface area contributed by atoms with Gasteiger partial charge in [-0.3, -0.25) is 4.79 Å². The zero-order valence-electron chi connectivity index (χ0n) is 6.55. The van der Waals surface area contributed by atoms with Crippen molar-refractivity contribution < 1.29 is 9.90 Å². The first-order chi connectivity index (χ1) is 4.59. The fourth-order valence-corrected chi connectivity index (χ4v) is 1.46. The van der Waals surface area contributed by atoms with Crippen molar-refractivity contribution in [1.82, 2.24) is 0 Å². The van der Waals surface area contributed by atoms with E-state index in [9.17, 15) is 4.79 Å². The van der Waals surface area contributed by atoms with Gasteiger partial charge in [0.2, 0.25) is 0 Å². The van der Waals surface area contributed by atoms with Crippen LogP contribution in [-0.4, -0.2) is 17.5 Å². The molecule has 0 aromatic rings. The zero-order chi connectivity index (χ0) is 7.78. The summed E-state index contributed by atoms with van der Waals surface area (Å²) in [5.41, 5.74) is -0.150. The van der Waals surface area contributed by atoms with Gasteiger partial charge in [0.15, 0.2) is 0 Å². The molecule has 1 rings (SSSR count). The molecule has 0 amide bonds. The van der Waals surface area contributed by atoms with Gasteiger partial charge in [0, 0.05) is 18.4 Å². The number of hydrogen-bond donors (Lipinski definition) is 1. The van der Waals surface area contributed by atoms with Crippen LogP contribution in [0.15, 0.2) is 0 Å². The van der Waals surface area contributed by atoms with Gasteiger partial charge in [-0.1, -0.05) is 13.8 Å². The smallest absolute Gasteiger partial charge is 0.139 e. The average molecular weight is 142 g/mol. The number of hydrogen-bond acceptors (Lipinski definition) is 2. The molecule has 1 atom stereocenters. The Morgan fingerprint density at radius 3 is 2.60 bits per heavy atom. The second-order valence-electron chi connectivity index (χ2n) is 3.56. The Bertz CT molecular complexity index is 149. The van der Waals surface area contributed by atoms with Gasteiger partial charge in [-0.25, -0.2) is 0 Å². The lowest BCUT2D eigenvalue weighted by Crippen LogP contribution is -2.45. The van der Waals surface area contributed by atoms with Crippen molar-refractivity contribution in [2.75, 3.05) is 6.61 Å². The van der Waals surface area contributed by atoms with E-state index < -0.39 is 0 Å². The minimum atomic E-state index is -0.150. The first-order valence-corrected chi connectivity index (χ1v) is 3.73. The molecule has 1 saturated carbocycles. The Balaban J connectivity index is 2.46. The lowest BCUT2D eigenvalue weighted by atomic mass is 9.60. The Morgan fingerprint density at radius 2 is 2.30 bits per heavy atom. The maximum Gasteiger partial charge on any atom is 0.139 e. The van der Waals surface area contributed by atoms with Crippen LogP contribution in [-0.2, 0) is 4.79 Å². The predicted molar refractivity (Wildman–Crippen MR) is 38.6 cm³/mol. The molecule has 2 heteroatoms. The number of Topliss-reactive ketones (excluding diaryl/α,β-unsaturated/α-hetero) is 1. The lowest BCUT2D eigenvalue weighted by Gasteiger charge is -2.42. The van der Waals surface area contributed by atoms with Gasteiger partial charge in [0.05, 0.1) is 0 Å². The summed E-state index contributed by atoms with van der Waals surface area (Å²) in [5.74, 6) is 0.760. The highest BCUT2D eigenvalue weighted by atomic mass is 16.3. The van der Waals surface area contributed by atoms with Crippen molar-refractivity contribution in [3.8, 4) is 0 Å². The van der Waals surface area contributed by atoms with Crippen LogP contribution in [0.3, 0.4) is 0 Å². The van der Waals surface area contributed by atoms with Crippen LogP contribution in [0.4, 0.5) is 0 Å². The van der Waals surface area contributed by atoms with Gasteiger partial charge in [-0.15, -0.1) is 0 Å². The Morgan fingerprint density at radius 1 is 1.70 bits per heavy atom. The second-order valence-corrected chi connectivity index (χ2v) is 3.56. The maximum absolute atomic E-state index is 11.0. The molecule has 0 saturated heterocycles. The van der Waals surface area contributed by atoms with E-state index in [4.69, 9.17) is 5.11 Å². The fraction of sp³-hybridized carbons (Fsp3) is 0.875. The molecule has 0 bridgehead atoms. The van der Waals surface area contributed by atoms with E-state index in [1.165, 1.54) is 0 Å². The topological polar surface area (TPSA) is 37.3 Å². The molecule has 0 radical (unpaired) electrons. The van der Waals surface area contributed by atoms with Crippen molar-refractivity contribution in [3.05, 3.63) is 0 Å². The summed E-state index contributed by atoms with van der Waals surface area (Å²) in [5, 5.41) is 8.61. The third kappa shape index (κ3) is 0.966. The largest absolute Gasteiger partial charge is 0.396 e. The number of ketones is 1. The summed E-state index contributed by atoms with van der Waals surface area (Å²) in [6.45, 7) is 4.12. The van der Waals surface area contributed by atoms with Crippen molar-refractivity contribution >= 4 is 5.78 Å². The predicted octanol–water partition coefficient (Wildman–Crippen LogP) is 0.984. The fourth-order valence-electron chi connectivity index (χ4n) is 1.46. The van der Waals surface area contributed by atoms with E-state index >= 15 is 0 Å². The first kappa shape index (κ1) is 7.73. The van der Waals surface area contributed by atoms with Crippen LogP contribution in [0.2, 0.25) is 0 Å². The molecule has 0 aromatic heterocycles. The molecule has 58 valence electrons. The lowest BCUT2D eigenvalue weighted by molar-refractivity contribution is -0.143. The SMILES string of the molecule is CC1(C)C(=O)C[C@@H]1CCO. The number of carbonyl (C=O) groups excluding carboxylic acids is 1. The van der Waals surface area contributed by atoms with Crippen LogP contribution < -0.4 is 0 Å². The molecule has 0 aromatic carbocycles. The summed E-state index contributed by atoms with van der Waals surface area (Å²) >= 11 is 0. The van der Waals surface area contributed by atoms with Crippen LogP contribution in [0.1, 0.15) is 26.7 Å². The van der Waals surface area contributed by atoms with E-state index in [0.717, 1.165) is 6.42 Å². The van der Waals surface area contributed by atoms with Gasteiger partial charge in [0.1, 0.15) is 5.78 Å². The normalized spacial score (nSPS) is 29.9. The molecular formula is C8H14O2. The van der Waals surface area contributed by atoms with Gasteiger partial charge in [-0.05, 0) is 12.3 Å². The molecular weight excluding hydrogens is 128 g/mol. The number of aliphatic hydroxyl groups excluding tert-OH is 1. The van der Waals surface area contributed by atoms with Crippen molar-refractivity contribution in [2.45, 2.75) is 26.7 Å². The molecule has 1 aliphatic rings. The van der Waals surface area contributed by atoms with E-state index in [1.54, 1.807) is 0 Å². The molecule has 10 heavy (non-hydrogen) atoms. The highest BCUT2D eigenvalue weighted by molar-refractivity contribution is 5.90. The van der Waals surface area contributed by atoms with Gasteiger partial charge in [0.25, 0.3) is 0 Å². The standard InChI is InChI=1S/C8H14O2/c1-8(2)6(3-4-9)5-7(8)10/h6,9H,3-5H2,1-2H3/t6-/m0/s1. The van der Waals surface area contributed by atoms with Crippen LogP contribution in [0.25, 0.3) is 0 Å². The number of aliphatic hydroxyl groups is 1. The molecule has 0 aliphatic heterocycles. The van der Waals surface area contributed by atoms with Crippen LogP contribution in [0.5, 0.6) is 0 Å². The van der Waals surface area contributed by atoms with E-state index in [1.807, 2.05) is 13.8 Å².